The third-order valence-electron chi connectivity index (χ3n) is 11.4. The van der Waals surface area contributed by atoms with Crippen molar-refractivity contribution in [2.75, 3.05) is 0 Å². The fourth-order valence-electron chi connectivity index (χ4n) is 8.88. The van der Waals surface area contributed by atoms with Gasteiger partial charge in [-0.25, -0.2) is 0 Å². The van der Waals surface area contributed by atoms with Crippen molar-refractivity contribution >= 4 is 32.3 Å². The monoisotopic (exact) mass is 614 g/mol. The van der Waals surface area contributed by atoms with Crippen molar-refractivity contribution in [3.63, 3.8) is 0 Å². The summed E-state index contributed by atoms with van der Waals surface area (Å²) in [5.41, 5.74) is 15.6. The summed E-state index contributed by atoms with van der Waals surface area (Å²) in [6.45, 7) is 9.60. The molecule has 2 aliphatic carbocycles. The second kappa shape index (κ2) is 9.49. The first-order chi connectivity index (χ1) is 23.3. The largest absolute Gasteiger partial charge is 0.263 e. The van der Waals surface area contributed by atoms with Crippen LogP contribution >= 0.6 is 0 Å². The number of aromatic nitrogens is 2. The Hall–Kier alpha value is -5.60. The van der Waals surface area contributed by atoms with E-state index in [2.05, 4.69) is 147 Å². The van der Waals surface area contributed by atoms with Gasteiger partial charge in [0.15, 0.2) is 0 Å². The first-order valence-corrected chi connectivity index (χ1v) is 16.9. The number of rotatable bonds is 2. The molecule has 228 valence electrons. The lowest BCUT2D eigenvalue weighted by Gasteiger charge is -2.24. The molecule has 0 atom stereocenters. The third-order valence-corrected chi connectivity index (χ3v) is 11.4. The summed E-state index contributed by atoms with van der Waals surface area (Å²) < 4.78 is 0. The van der Waals surface area contributed by atoms with Gasteiger partial charge < -0.3 is 0 Å². The average molecular weight is 615 g/mol. The molecule has 2 aromatic heterocycles. The predicted molar refractivity (Wildman–Crippen MR) is 201 cm³/mol. The van der Waals surface area contributed by atoms with Crippen LogP contribution in [0.15, 0.2) is 134 Å². The predicted octanol–water partition coefficient (Wildman–Crippen LogP) is 11.9. The SMILES string of the molecule is CC1(C)c2cc(-c3cncc4ccccc34)ccc2-c2cc3c(cc21)-c1c(cc(-c2cncc4ccccc24)c2ccccc12)C3(C)C. The molecule has 6 aromatic carbocycles. The fourth-order valence-corrected chi connectivity index (χ4v) is 8.88. The molecule has 2 aliphatic rings. The lowest BCUT2D eigenvalue weighted by molar-refractivity contribution is 0.652. The highest BCUT2D eigenvalue weighted by atomic mass is 14.6. The molecule has 0 bridgehead atoms. The quantitative estimate of drug-likeness (QED) is 0.194. The maximum absolute atomic E-state index is 4.68. The van der Waals surface area contributed by atoms with Crippen molar-refractivity contribution in [2.24, 2.45) is 0 Å². The zero-order valence-electron chi connectivity index (χ0n) is 27.6. The van der Waals surface area contributed by atoms with Crippen molar-refractivity contribution in [1.82, 2.24) is 9.97 Å². The van der Waals surface area contributed by atoms with Crippen LogP contribution in [0, 0.1) is 0 Å². The van der Waals surface area contributed by atoms with Crippen LogP contribution in [0.25, 0.3) is 76.8 Å². The molecule has 0 radical (unpaired) electrons. The molecule has 0 N–H and O–H groups in total. The summed E-state index contributed by atoms with van der Waals surface area (Å²) >= 11 is 0. The van der Waals surface area contributed by atoms with E-state index < -0.39 is 0 Å². The second-order valence-electron chi connectivity index (χ2n) is 14.7. The number of fused-ring (bicyclic) bond motifs is 10. The Bertz CT molecular complexity index is 2670. The second-order valence-corrected chi connectivity index (χ2v) is 14.7. The molecule has 2 heterocycles. The van der Waals surface area contributed by atoms with Gasteiger partial charge in [-0.3, -0.25) is 9.97 Å². The van der Waals surface area contributed by atoms with Gasteiger partial charge in [0.1, 0.15) is 0 Å². The summed E-state index contributed by atoms with van der Waals surface area (Å²) in [6.07, 6.45) is 7.99. The van der Waals surface area contributed by atoms with Crippen molar-refractivity contribution in [2.45, 2.75) is 38.5 Å². The maximum Gasteiger partial charge on any atom is 0.0353 e. The summed E-state index contributed by atoms with van der Waals surface area (Å²) in [5.74, 6) is 0. The van der Waals surface area contributed by atoms with E-state index in [0.717, 1.165) is 0 Å². The zero-order valence-corrected chi connectivity index (χ0v) is 27.6. The summed E-state index contributed by atoms with van der Waals surface area (Å²) in [7, 11) is 0. The molecule has 0 spiro atoms. The lowest BCUT2D eigenvalue weighted by atomic mass is 9.78. The van der Waals surface area contributed by atoms with Crippen molar-refractivity contribution in [3.8, 4) is 44.5 Å². The highest BCUT2D eigenvalue weighted by molar-refractivity contribution is 6.12. The average Bonchev–Trinajstić information content (AvgIpc) is 3.48. The number of nitrogens with zero attached hydrogens (tertiary/aromatic N) is 2. The normalized spacial score (nSPS) is 15.0. The number of hydrogen-bond donors (Lipinski definition) is 0. The standard InChI is InChI=1S/C46H34N2/c1-45(2)40-19-27(38-25-47-23-28-11-5-7-13-30(28)38)17-18-33(40)36-21-42-37(22-41(36)45)44-34-16-10-9-15-32(34)35(20-43(44)46(42,3)4)39-26-48-24-29-12-6-8-14-31(29)39/h5-26H,1-4H3. The minimum Gasteiger partial charge on any atom is -0.263 e. The Kier molecular flexibility index (Phi) is 5.44. The van der Waals surface area contributed by atoms with E-state index in [-0.39, 0.29) is 10.8 Å². The molecule has 8 aromatic rings. The van der Waals surface area contributed by atoms with Gasteiger partial charge in [0.2, 0.25) is 0 Å². The molecule has 2 heteroatoms. The molecule has 0 aliphatic heterocycles. The van der Waals surface area contributed by atoms with E-state index in [1.807, 2.05) is 24.8 Å². The van der Waals surface area contributed by atoms with E-state index in [1.54, 1.807) is 0 Å². The lowest BCUT2D eigenvalue weighted by Crippen LogP contribution is -2.17. The topological polar surface area (TPSA) is 25.8 Å². The van der Waals surface area contributed by atoms with Crippen LogP contribution in [0.3, 0.4) is 0 Å². The van der Waals surface area contributed by atoms with Gasteiger partial charge in [0.05, 0.1) is 0 Å². The number of benzene rings is 6. The molecule has 0 saturated heterocycles. The summed E-state index contributed by atoms with van der Waals surface area (Å²) in [5, 5.41) is 7.39. The van der Waals surface area contributed by atoms with E-state index in [1.165, 1.54) is 99.1 Å². The molecular formula is C46H34N2. The van der Waals surface area contributed by atoms with Crippen LogP contribution in [0.1, 0.15) is 49.9 Å². The van der Waals surface area contributed by atoms with Crippen molar-refractivity contribution < 1.29 is 0 Å². The van der Waals surface area contributed by atoms with E-state index in [9.17, 15) is 0 Å². The Morgan fingerprint density at radius 3 is 1.62 bits per heavy atom. The molecule has 0 fully saturated rings. The van der Waals surface area contributed by atoms with Gasteiger partial charge >= 0.3 is 0 Å². The van der Waals surface area contributed by atoms with Gasteiger partial charge in [0.25, 0.3) is 0 Å². The van der Waals surface area contributed by atoms with E-state index in [4.69, 9.17) is 0 Å². The number of pyridine rings is 2. The minimum atomic E-state index is -0.169. The molecule has 48 heavy (non-hydrogen) atoms. The number of hydrogen-bond acceptors (Lipinski definition) is 2. The van der Waals surface area contributed by atoms with Crippen molar-refractivity contribution in [1.29, 1.82) is 0 Å². The first-order valence-electron chi connectivity index (χ1n) is 16.9. The van der Waals surface area contributed by atoms with Crippen LogP contribution in [0.2, 0.25) is 0 Å². The van der Waals surface area contributed by atoms with Crippen LogP contribution in [0.5, 0.6) is 0 Å². The van der Waals surface area contributed by atoms with Crippen LogP contribution in [-0.4, -0.2) is 9.97 Å². The van der Waals surface area contributed by atoms with Gasteiger partial charge in [0, 0.05) is 57.5 Å². The summed E-state index contributed by atoms with van der Waals surface area (Å²) in [4.78, 5) is 9.28. The van der Waals surface area contributed by atoms with Crippen molar-refractivity contribution in [3.05, 3.63) is 156 Å². The maximum atomic E-state index is 4.68. The van der Waals surface area contributed by atoms with Gasteiger partial charge in [-0.05, 0) is 101 Å². The molecule has 10 rings (SSSR count). The van der Waals surface area contributed by atoms with Gasteiger partial charge in [-0.15, -0.1) is 0 Å². The Balaban J connectivity index is 1.18. The molecule has 2 nitrogen and oxygen atoms in total. The Labute approximate surface area is 280 Å². The Morgan fingerprint density at radius 2 is 0.896 bits per heavy atom. The fraction of sp³-hybridized carbons (Fsp3) is 0.130. The minimum absolute atomic E-state index is 0.148. The van der Waals surface area contributed by atoms with Gasteiger partial charge in [-0.2, -0.15) is 0 Å². The highest BCUT2D eigenvalue weighted by Gasteiger charge is 2.42. The summed E-state index contributed by atoms with van der Waals surface area (Å²) in [6, 6.07) is 40.7. The van der Waals surface area contributed by atoms with Crippen LogP contribution in [0.4, 0.5) is 0 Å². The molecule has 0 amide bonds. The third kappa shape index (κ3) is 3.58. The van der Waals surface area contributed by atoms with E-state index >= 15 is 0 Å². The van der Waals surface area contributed by atoms with Gasteiger partial charge in [-0.1, -0.05) is 113 Å². The smallest absolute Gasteiger partial charge is 0.0353 e. The molecule has 0 unspecified atom stereocenters. The highest BCUT2D eigenvalue weighted by Crippen LogP contribution is 2.58. The van der Waals surface area contributed by atoms with E-state index in [0.29, 0.717) is 0 Å². The van der Waals surface area contributed by atoms with Crippen LogP contribution in [-0.2, 0) is 10.8 Å². The molecular weight excluding hydrogens is 581 g/mol. The molecule has 0 saturated carbocycles. The Morgan fingerprint density at radius 1 is 0.375 bits per heavy atom. The first kappa shape index (κ1) is 27.5. The zero-order chi connectivity index (χ0) is 32.4. The van der Waals surface area contributed by atoms with Crippen LogP contribution < -0.4 is 0 Å².